The maximum atomic E-state index is 13.1. The molecule has 0 aromatic heterocycles. The van der Waals surface area contributed by atoms with Crippen LogP contribution in [0.3, 0.4) is 0 Å². The van der Waals surface area contributed by atoms with Crippen LogP contribution in [0.4, 0.5) is 0 Å². The van der Waals surface area contributed by atoms with Crippen molar-refractivity contribution < 1.29 is 33.6 Å². The minimum atomic E-state index is -3.89. The lowest BCUT2D eigenvalue weighted by atomic mass is 9.76. The highest BCUT2D eigenvalue weighted by Gasteiger charge is 2.81. The number of aliphatic hydroxyl groups is 4. The number of rotatable bonds is 11. The predicted molar refractivity (Wildman–Crippen MR) is 101 cm³/mol. The Morgan fingerprint density at radius 3 is 2.18 bits per heavy atom. The van der Waals surface area contributed by atoms with Crippen LogP contribution in [-0.2, 0) is 14.8 Å². The molecule has 1 aromatic carbocycles. The normalized spacial score (nSPS) is 34.4. The smallest absolute Gasteiger partial charge is 0.241 e. The van der Waals surface area contributed by atoms with Crippen LogP contribution in [0, 0.1) is 5.92 Å². The fourth-order valence-electron chi connectivity index (χ4n) is 5.31. The Morgan fingerprint density at radius 2 is 1.61 bits per heavy atom. The molecule has 2 aliphatic rings. The number of benzene rings is 1. The van der Waals surface area contributed by atoms with Gasteiger partial charge in [0, 0.05) is 50.7 Å². The summed E-state index contributed by atoms with van der Waals surface area (Å²) in [6.07, 6.45) is 1.24. The monoisotopic (exact) mass is 415 g/mol. The zero-order chi connectivity index (χ0) is 20.5. The summed E-state index contributed by atoms with van der Waals surface area (Å²) in [6, 6.07) is 7.98. The molecule has 1 aliphatic carbocycles. The number of hydrogen-bond acceptors (Lipinski definition) is 7. The lowest BCUT2D eigenvalue weighted by Gasteiger charge is -2.40. The van der Waals surface area contributed by atoms with Gasteiger partial charge in [0.25, 0.3) is 0 Å². The molecule has 0 spiro atoms. The van der Waals surface area contributed by atoms with Crippen LogP contribution in [0.2, 0.25) is 0 Å². The first kappa shape index (κ1) is 21.6. The molecule has 0 radical (unpaired) electrons. The zero-order valence-electron chi connectivity index (χ0n) is 15.7. The van der Waals surface area contributed by atoms with Crippen LogP contribution in [0.1, 0.15) is 32.1 Å². The Bertz CT molecular complexity index is 774. The van der Waals surface area contributed by atoms with Gasteiger partial charge in [-0.25, -0.2) is 13.1 Å². The van der Waals surface area contributed by atoms with Gasteiger partial charge in [0.05, 0.1) is 4.90 Å². The fourth-order valence-corrected chi connectivity index (χ4v) is 6.80. The second-order valence-corrected chi connectivity index (χ2v) is 9.41. The Labute approximate surface area is 165 Å². The molecule has 1 saturated heterocycles. The first-order chi connectivity index (χ1) is 13.4. The number of ether oxygens (including phenoxy) is 1. The van der Waals surface area contributed by atoms with Crippen molar-refractivity contribution in [3.05, 3.63) is 30.3 Å². The highest BCUT2D eigenvalue weighted by atomic mass is 32.2. The number of aliphatic hydroxyl groups excluding tert-OH is 4. The number of nitrogens with one attached hydrogen (secondary N) is 1. The van der Waals surface area contributed by atoms with Gasteiger partial charge in [0.1, 0.15) is 11.2 Å². The van der Waals surface area contributed by atoms with E-state index in [0.717, 1.165) is 0 Å². The Balaban J connectivity index is 2.03. The SMILES string of the molecule is O=S(=O)(NC1(CCO)CC2(CCO)OC2(CCO)C1CCO)c1ccccc1. The second-order valence-electron chi connectivity index (χ2n) is 7.72. The summed E-state index contributed by atoms with van der Waals surface area (Å²) in [5.74, 6) is -0.450. The van der Waals surface area contributed by atoms with Crippen molar-refractivity contribution in [2.45, 2.75) is 53.7 Å². The van der Waals surface area contributed by atoms with E-state index >= 15 is 0 Å². The van der Waals surface area contributed by atoms with E-state index in [0.29, 0.717) is 6.42 Å². The van der Waals surface area contributed by atoms with Crippen LogP contribution in [-0.4, -0.2) is 72.0 Å². The van der Waals surface area contributed by atoms with E-state index in [4.69, 9.17) is 4.74 Å². The van der Waals surface area contributed by atoms with E-state index < -0.39 is 32.7 Å². The maximum absolute atomic E-state index is 13.1. The van der Waals surface area contributed by atoms with Crippen LogP contribution >= 0.6 is 0 Å². The van der Waals surface area contributed by atoms with Crippen LogP contribution in [0.25, 0.3) is 0 Å². The van der Waals surface area contributed by atoms with Crippen LogP contribution in [0.5, 0.6) is 0 Å². The van der Waals surface area contributed by atoms with E-state index in [1.807, 2.05) is 0 Å². The van der Waals surface area contributed by atoms with Gasteiger partial charge in [-0.05, 0) is 31.4 Å². The molecule has 28 heavy (non-hydrogen) atoms. The first-order valence-corrected chi connectivity index (χ1v) is 11.1. The van der Waals surface area contributed by atoms with Gasteiger partial charge < -0.3 is 25.2 Å². The molecule has 9 heteroatoms. The third-order valence-electron chi connectivity index (χ3n) is 6.30. The summed E-state index contributed by atoms with van der Waals surface area (Å²) in [5.41, 5.74) is -2.66. The van der Waals surface area contributed by atoms with Crippen molar-refractivity contribution in [1.82, 2.24) is 4.72 Å². The van der Waals surface area contributed by atoms with Crippen molar-refractivity contribution >= 4 is 10.0 Å². The summed E-state index contributed by atoms with van der Waals surface area (Å²) < 4.78 is 35.0. The van der Waals surface area contributed by atoms with Crippen molar-refractivity contribution in [2.75, 3.05) is 26.4 Å². The summed E-state index contributed by atoms with van der Waals surface area (Å²) in [6.45, 7) is -0.726. The molecule has 5 N–H and O–H groups in total. The average Bonchev–Trinajstić information content (AvgIpc) is 3.20. The summed E-state index contributed by atoms with van der Waals surface area (Å²) in [7, 11) is -3.89. The minimum Gasteiger partial charge on any atom is -0.396 e. The number of fused-ring (bicyclic) bond motifs is 1. The molecule has 0 bridgehead atoms. The van der Waals surface area contributed by atoms with Gasteiger partial charge in [-0.1, -0.05) is 18.2 Å². The van der Waals surface area contributed by atoms with E-state index in [1.165, 1.54) is 12.1 Å². The van der Waals surface area contributed by atoms with Crippen molar-refractivity contribution in [3.8, 4) is 0 Å². The van der Waals surface area contributed by atoms with Gasteiger partial charge in [0.2, 0.25) is 10.0 Å². The fraction of sp³-hybridized carbons (Fsp3) is 0.684. The molecule has 4 atom stereocenters. The number of hydrogen-bond donors (Lipinski definition) is 5. The average molecular weight is 416 g/mol. The van der Waals surface area contributed by atoms with E-state index in [1.54, 1.807) is 18.2 Å². The standard InChI is InChI=1S/C19H29NO7S/c21-10-6-16-17(7-11-22,20-28(25,26)15-4-2-1-3-5-15)14-18(8-12-23)19(16,27-18)9-13-24/h1-5,16,20-24H,6-14H2. The molecule has 4 unspecified atom stereocenters. The van der Waals surface area contributed by atoms with Gasteiger partial charge in [0.15, 0.2) is 0 Å². The summed E-state index contributed by atoms with van der Waals surface area (Å²) >= 11 is 0. The lowest BCUT2D eigenvalue weighted by molar-refractivity contribution is 0.0414. The highest BCUT2D eigenvalue weighted by molar-refractivity contribution is 7.89. The molecule has 8 nitrogen and oxygen atoms in total. The third-order valence-corrected chi connectivity index (χ3v) is 7.87. The molecule has 3 rings (SSSR count). The minimum absolute atomic E-state index is 0.115. The molecular weight excluding hydrogens is 386 g/mol. The van der Waals surface area contributed by atoms with Gasteiger partial charge in [-0.3, -0.25) is 0 Å². The second kappa shape index (κ2) is 7.98. The van der Waals surface area contributed by atoms with Crippen LogP contribution in [0.15, 0.2) is 35.2 Å². The zero-order valence-corrected chi connectivity index (χ0v) is 16.6. The van der Waals surface area contributed by atoms with E-state index in [-0.39, 0.29) is 57.0 Å². The Morgan fingerprint density at radius 1 is 0.964 bits per heavy atom. The molecule has 1 aromatic rings. The number of epoxide rings is 1. The molecule has 0 amide bonds. The van der Waals surface area contributed by atoms with Crippen molar-refractivity contribution in [3.63, 3.8) is 0 Å². The molecule has 1 saturated carbocycles. The Kier molecular flexibility index (Phi) is 6.17. The van der Waals surface area contributed by atoms with Gasteiger partial charge >= 0.3 is 0 Å². The predicted octanol–water partition coefficient (Wildman–Crippen LogP) is -0.239. The molecule has 158 valence electrons. The highest BCUT2D eigenvalue weighted by Crippen LogP contribution is 2.70. The third kappa shape index (κ3) is 3.39. The molecule has 2 fully saturated rings. The quantitative estimate of drug-likeness (QED) is 0.314. The first-order valence-electron chi connectivity index (χ1n) is 9.58. The topological polar surface area (TPSA) is 140 Å². The lowest BCUT2D eigenvalue weighted by Crippen LogP contribution is -2.55. The van der Waals surface area contributed by atoms with Gasteiger partial charge in [-0.2, -0.15) is 0 Å². The number of sulfonamides is 1. The van der Waals surface area contributed by atoms with Crippen molar-refractivity contribution in [1.29, 1.82) is 0 Å². The van der Waals surface area contributed by atoms with Gasteiger partial charge in [-0.15, -0.1) is 0 Å². The Hall–Kier alpha value is -1.07. The van der Waals surface area contributed by atoms with E-state index in [2.05, 4.69) is 4.72 Å². The van der Waals surface area contributed by atoms with Crippen molar-refractivity contribution in [2.24, 2.45) is 5.92 Å². The molecule has 1 heterocycles. The summed E-state index contributed by atoms with van der Waals surface area (Å²) in [5, 5.41) is 38.6. The molecular formula is C19H29NO7S. The molecule has 1 aliphatic heterocycles. The largest absolute Gasteiger partial charge is 0.396 e. The van der Waals surface area contributed by atoms with E-state index in [9.17, 15) is 28.8 Å². The summed E-state index contributed by atoms with van der Waals surface area (Å²) in [4.78, 5) is 0.115. The van der Waals surface area contributed by atoms with Crippen LogP contribution < -0.4 is 4.72 Å². The maximum Gasteiger partial charge on any atom is 0.241 e.